The van der Waals surface area contributed by atoms with Crippen molar-refractivity contribution in [3.05, 3.63) is 199 Å². The Morgan fingerprint density at radius 3 is 1.57 bits per heavy atom. The van der Waals surface area contributed by atoms with E-state index in [-0.39, 0.29) is 31.9 Å². The Labute approximate surface area is 404 Å². The summed E-state index contributed by atoms with van der Waals surface area (Å²) in [5, 5.41) is 6.84. The Bertz CT molecular complexity index is 3880. The first-order valence-electron chi connectivity index (χ1n) is 22.7. The molecule has 0 aliphatic rings. The normalized spacial score (nSPS) is 12.2. The first-order valence-corrected chi connectivity index (χ1v) is 22.7. The van der Waals surface area contributed by atoms with E-state index >= 15 is 0 Å². The molecule has 12 rings (SSSR count). The number of pyridine rings is 2. The van der Waals surface area contributed by atoms with Gasteiger partial charge in [-0.25, -0.2) is 9.97 Å². The van der Waals surface area contributed by atoms with Crippen molar-refractivity contribution in [2.45, 2.75) is 52.4 Å². The van der Waals surface area contributed by atoms with Gasteiger partial charge in [0.05, 0.1) is 11.0 Å². The number of hydrogen-bond donors (Lipinski definition) is 0. The fourth-order valence-corrected chi connectivity index (χ4v) is 9.81. The van der Waals surface area contributed by atoms with Crippen molar-refractivity contribution in [1.82, 2.24) is 23.7 Å². The van der Waals surface area contributed by atoms with E-state index in [1.165, 1.54) is 38.5 Å². The quantitative estimate of drug-likeness (QED) is 0.156. The molecule has 0 aliphatic carbocycles. The molecule has 0 amide bonds. The van der Waals surface area contributed by atoms with Crippen LogP contribution in [0.1, 0.15) is 52.7 Å². The number of rotatable bonds is 6. The molecule has 0 bridgehead atoms. The number of aromatic nitrogens is 5. The Morgan fingerprint density at radius 2 is 0.955 bits per heavy atom. The molecule has 12 aromatic rings. The summed E-state index contributed by atoms with van der Waals surface area (Å²) in [7, 11) is 0. The minimum absolute atomic E-state index is 0. The molecule has 0 saturated carbocycles. The maximum Gasteiger partial charge on any atom is 2.00 e. The van der Waals surface area contributed by atoms with Crippen LogP contribution in [0, 0.1) is 12.1 Å². The van der Waals surface area contributed by atoms with Crippen LogP contribution < -0.4 is 4.74 Å². The molecular weight excluding hydrogens is 1000 g/mol. The summed E-state index contributed by atoms with van der Waals surface area (Å²) in [6.07, 6.45) is 3.82. The Hall–Kier alpha value is -7.27. The molecule has 5 aromatic heterocycles. The van der Waals surface area contributed by atoms with Gasteiger partial charge in [0.1, 0.15) is 11.6 Å². The summed E-state index contributed by atoms with van der Waals surface area (Å²) in [5.41, 5.74) is 12.0. The Morgan fingerprint density at radius 1 is 0.433 bits per heavy atom. The summed E-state index contributed by atoms with van der Waals surface area (Å²) in [5.74, 6) is 2.86. The maximum absolute atomic E-state index is 6.76. The molecular formula is C60H47N5OPt. The van der Waals surface area contributed by atoms with Crippen molar-refractivity contribution >= 4 is 65.4 Å². The number of nitrogens with zero attached hydrogens (tertiary/aromatic N) is 5. The van der Waals surface area contributed by atoms with Crippen LogP contribution in [0.2, 0.25) is 0 Å². The second-order valence-corrected chi connectivity index (χ2v) is 19.4. The van der Waals surface area contributed by atoms with Crippen molar-refractivity contribution in [2.75, 3.05) is 0 Å². The van der Waals surface area contributed by atoms with Crippen molar-refractivity contribution in [3.8, 4) is 39.9 Å². The largest absolute Gasteiger partial charge is 2.00 e. The van der Waals surface area contributed by atoms with E-state index in [0.29, 0.717) is 11.5 Å². The fourth-order valence-electron chi connectivity index (χ4n) is 9.81. The third-order valence-electron chi connectivity index (χ3n) is 13.1. The summed E-state index contributed by atoms with van der Waals surface area (Å²) >= 11 is 0. The SMILES string of the molecule is CC(C)(C)c1ccnc(-n2c3[c-]c(Oc4[c-]c5c(cc4)c4cc(-c6cccc7c6c6ccccc6n7-c6ccccc6)ccc4n5-c4cc(C(C)(C)C)ccn4)ccc3c3ccccc32)c1.[Pt+2]. The number of para-hydroxylation sites is 3. The smallest absolute Gasteiger partial charge is 0.509 e. The van der Waals surface area contributed by atoms with Gasteiger partial charge >= 0.3 is 21.1 Å². The molecule has 0 aliphatic heterocycles. The van der Waals surface area contributed by atoms with Gasteiger partial charge in [-0.1, -0.05) is 131 Å². The van der Waals surface area contributed by atoms with Gasteiger partial charge in [-0.05, 0) is 105 Å². The summed E-state index contributed by atoms with van der Waals surface area (Å²) < 4.78 is 13.6. The first-order chi connectivity index (χ1) is 32.0. The monoisotopic (exact) mass is 1050 g/mol. The molecule has 0 fully saturated rings. The van der Waals surface area contributed by atoms with Gasteiger partial charge < -0.3 is 18.4 Å². The van der Waals surface area contributed by atoms with Crippen LogP contribution >= 0.6 is 0 Å². The van der Waals surface area contributed by atoms with Gasteiger partial charge in [0.2, 0.25) is 0 Å². The molecule has 6 nitrogen and oxygen atoms in total. The standard InChI is InChI=1S/C60H47N5O.Pt/c1-59(2,3)39-29-31-61-56(34-39)64-50-20-12-10-17-45(50)46-26-24-42(36-54(46)64)66-43-25-27-47-49-33-38(23-28-52(49)65(55(47)37-43)57-35-40(30-32-62-57)60(4,5)6)44-19-14-22-53-58(44)48-18-11-13-21-51(48)63(53)41-15-8-7-9-16-41;/h7-35H,1-6H3;/q-2;+2. The topological polar surface area (TPSA) is 49.8 Å². The molecule has 328 valence electrons. The molecule has 0 spiro atoms. The number of benzene rings is 7. The van der Waals surface area contributed by atoms with Gasteiger partial charge in [0.15, 0.2) is 0 Å². The predicted octanol–water partition coefficient (Wildman–Crippen LogP) is 15.4. The van der Waals surface area contributed by atoms with Crippen molar-refractivity contribution < 1.29 is 25.8 Å². The molecule has 5 heterocycles. The number of hydrogen-bond acceptors (Lipinski definition) is 3. The predicted molar refractivity (Wildman–Crippen MR) is 272 cm³/mol. The zero-order valence-electron chi connectivity index (χ0n) is 38.2. The molecule has 0 N–H and O–H groups in total. The minimum Gasteiger partial charge on any atom is -0.509 e. The van der Waals surface area contributed by atoms with E-state index in [9.17, 15) is 0 Å². The third-order valence-corrected chi connectivity index (χ3v) is 13.1. The fraction of sp³-hybridized carbons (Fsp3) is 0.133. The van der Waals surface area contributed by atoms with Crippen LogP contribution in [0.5, 0.6) is 11.5 Å². The van der Waals surface area contributed by atoms with Crippen LogP contribution in [-0.4, -0.2) is 23.7 Å². The van der Waals surface area contributed by atoms with Gasteiger partial charge in [-0.15, -0.1) is 35.0 Å². The maximum atomic E-state index is 6.76. The molecule has 7 heteroatoms. The molecule has 0 saturated heterocycles. The average molecular weight is 1050 g/mol. The van der Waals surface area contributed by atoms with Crippen LogP contribution in [0.3, 0.4) is 0 Å². The number of ether oxygens (including phenoxy) is 1. The van der Waals surface area contributed by atoms with E-state index < -0.39 is 0 Å². The average Bonchev–Trinajstić information content (AvgIpc) is 3.96. The number of fused-ring (bicyclic) bond motifs is 9. The molecule has 67 heavy (non-hydrogen) atoms. The Balaban J connectivity index is 0.00000494. The van der Waals surface area contributed by atoms with Crippen LogP contribution in [0.15, 0.2) is 176 Å². The van der Waals surface area contributed by atoms with Crippen molar-refractivity contribution in [3.63, 3.8) is 0 Å². The minimum atomic E-state index is -0.0697. The molecule has 0 radical (unpaired) electrons. The molecule has 0 unspecified atom stereocenters. The van der Waals surface area contributed by atoms with E-state index in [1.807, 2.05) is 24.5 Å². The van der Waals surface area contributed by atoms with Gasteiger partial charge in [0, 0.05) is 51.4 Å². The van der Waals surface area contributed by atoms with Crippen LogP contribution in [0.4, 0.5) is 0 Å². The zero-order valence-corrected chi connectivity index (χ0v) is 40.5. The first kappa shape index (κ1) is 42.4. The van der Waals surface area contributed by atoms with Gasteiger partial charge in [-0.2, -0.15) is 12.1 Å². The zero-order chi connectivity index (χ0) is 44.9. The second kappa shape index (κ2) is 16.0. The van der Waals surface area contributed by atoms with Gasteiger partial charge in [0.25, 0.3) is 0 Å². The van der Waals surface area contributed by atoms with E-state index in [4.69, 9.17) is 14.7 Å². The van der Waals surface area contributed by atoms with E-state index in [0.717, 1.165) is 66.5 Å². The van der Waals surface area contributed by atoms with Crippen molar-refractivity contribution in [1.29, 1.82) is 0 Å². The van der Waals surface area contributed by atoms with Crippen molar-refractivity contribution in [2.24, 2.45) is 0 Å². The second-order valence-electron chi connectivity index (χ2n) is 19.4. The third kappa shape index (κ3) is 7.05. The van der Waals surface area contributed by atoms with Crippen LogP contribution in [-0.2, 0) is 31.9 Å². The van der Waals surface area contributed by atoms with E-state index in [2.05, 4.69) is 219 Å². The molecule has 7 aromatic carbocycles. The molecule has 0 atom stereocenters. The van der Waals surface area contributed by atoms with Gasteiger partial charge in [-0.3, -0.25) is 0 Å². The van der Waals surface area contributed by atoms with E-state index in [1.54, 1.807) is 0 Å². The summed E-state index contributed by atoms with van der Waals surface area (Å²) in [4.78, 5) is 9.87. The summed E-state index contributed by atoms with van der Waals surface area (Å²) in [6, 6.07) is 65.6. The summed E-state index contributed by atoms with van der Waals surface area (Å²) in [6.45, 7) is 13.4. The Kier molecular flexibility index (Phi) is 10.1. The van der Waals surface area contributed by atoms with Crippen LogP contribution in [0.25, 0.3) is 93.9 Å².